The molecule has 3 atom stereocenters. The number of alkyl carbamates (subject to hydrolysis) is 1. The van der Waals surface area contributed by atoms with Crippen LogP contribution in [-0.2, 0) is 46.7 Å². The Bertz CT molecular complexity index is 1160. The number of carboxylic acid groups (broad SMARTS) is 1. The van der Waals surface area contributed by atoms with Crippen molar-refractivity contribution in [2.24, 2.45) is 5.73 Å². The number of carboxylic acids is 1. The topological polar surface area (TPSA) is 203 Å². The van der Waals surface area contributed by atoms with Gasteiger partial charge in [0, 0.05) is 0 Å². The maximum absolute atomic E-state index is 12.8. The fourth-order valence-electron chi connectivity index (χ4n) is 3.15. The summed E-state index contributed by atoms with van der Waals surface area (Å²) >= 11 is 0. The van der Waals surface area contributed by atoms with E-state index in [2.05, 4.69) is 16.0 Å². The number of esters is 1. The molecule has 0 heterocycles. The van der Waals surface area contributed by atoms with Crippen molar-refractivity contribution >= 4 is 35.8 Å². The summed E-state index contributed by atoms with van der Waals surface area (Å²) in [5.74, 6) is -5.35. The van der Waals surface area contributed by atoms with E-state index in [0.717, 1.165) is 5.56 Å². The van der Waals surface area contributed by atoms with Gasteiger partial charge in [-0.3, -0.25) is 19.2 Å². The van der Waals surface area contributed by atoms with Gasteiger partial charge < -0.3 is 36.3 Å². The average Bonchev–Trinajstić information content (AvgIpc) is 2.90. The van der Waals surface area contributed by atoms with Crippen molar-refractivity contribution < 1.29 is 43.3 Å². The van der Waals surface area contributed by atoms with Crippen molar-refractivity contribution in [3.8, 4) is 0 Å². The van der Waals surface area contributed by atoms with E-state index < -0.39 is 66.7 Å². The standard InChI is InChI=1S/C26H30N4O9/c1-16(28-26(37)39-15-18-10-6-3-7-11-18)23(33)29-19(24(34)30-20(25(35)36)12-21(27)31)13-22(32)38-14-17-8-4-2-5-9-17/h2-11,16,19-20H,12-15H2,1H3,(H2,27,31)(H,28,37)(H,29,33)(H,30,34)(H,35,36). The smallest absolute Gasteiger partial charge is 0.408 e. The molecule has 0 fully saturated rings. The van der Waals surface area contributed by atoms with Crippen LogP contribution in [0.3, 0.4) is 0 Å². The van der Waals surface area contributed by atoms with Crippen molar-refractivity contribution in [2.75, 3.05) is 0 Å². The maximum atomic E-state index is 12.8. The summed E-state index contributed by atoms with van der Waals surface area (Å²) in [6.45, 7) is 1.16. The third-order valence-electron chi connectivity index (χ3n) is 5.21. The monoisotopic (exact) mass is 542 g/mol. The first-order valence-electron chi connectivity index (χ1n) is 11.8. The number of hydrogen-bond acceptors (Lipinski definition) is 8. The van der Waals surface area contributed by atoms with Gasteiger partial charge in [0.2, 0.25) is 17.7 Å². The van der Waals surface area contributed by atoms with Gasteiger partial charge in [0.25, 0.3) is 0 Å². The molecule has 0 bridgehead atoms. The van der Waals surface area contributed by atoms with E-state index >= 15 is 0 Å². The van der Waals surface area contributed by atoms with E-state index in [0.29, 0.717) is 5.56 Å². The molecule has 0 spiro atoms. The van der Waals surface area contributed by atoms with Gasteiger partial charge in [0.1, 0.15) is 31.3 Å². The van der Waals surface area contributed by atoms with Crippen LogP contribution in [0.15, 0.2) is 60.7 Å². The fraction of sp³-hybridized carbons (Fsp3) is 0.308. The van der Waals surface area contributed by atoms with Crippen molar-refractivity contribution in [3.63, 3.8) is 0 Å². The first kappa shape index (κ1) is 30.3. The normalized spacial score (nSPS) is 12.6. The van der Waals surface area contributed by atoms with Crippen molar-refractivity contribution in [1.29, 1.82) is 0 Å². The minimum absolute atomic E-state index is 0.0459. The van der Waals surface area contributed by atoms with Gasteiger partial charge >= 0.3 is 18.0 Å². The van der Waals surface area contributed by atoms with Gasteiger partial charge in [0.05, 0.1) is 12.8 Å². The summed E-state index contributed by atoms with van der Waals surface area (Å²) in [6.07, 6.45) is -2.29. The molecule has 13 heteroatoms. The number of amides is 4. The summed E-state index contributed by atoms with van der Waals surface area (Å²) in [5, 5.41) is 16.0. The van der Waals surface area contributed by atoms with Crippen LogP contribution in [0.4, 0.5) is 4.79 Å². The number of nitrogens with one attached hydrogen (secondary N) is 3. The highest BCUT2D eigenvalue weighted by molar-refractivity contribution is 5.95. The lowest BCUT2D eigenvalue weighted by molar-refractivity contribution is -0.148. The van der Waals surface area contributed by atoms with Gasteiger partial charge in [-0.05, 0) is 18.1 Å². The van der Waals surface area contributed by atoms with Crippen molar-refractivity contribution in [2.45, 2.75) is 51.1 Å². The lowest BCUT2D eigenvalue weighted by atomic mass is 10.1. The predicted molar refractivity (Wildman–Crippen MR) is 135 cm³/mol. The number of ether oxygens (including phenoxy) is 2. The molecule has 4 amide bonds. The molecule has 0 aromatic heterocycles. The quantitative estimate of drug-likeness (QED) is 0.209. The van der Waals surface area contributed by atoms with Gasteiger partial charge in [-0.1, -0.05) is 60.7 Å². The zero-order chi connectivity index (χ0) is 28.8. The fourth-order valence-corrected chi connectivity index (χ4v) is 3.15. The molecule has 208 valence electrons. The Morgan fingerprint density at radius 2 is 1.26 bits per heavy atom. The SMILES string of the molecule is CC(NC(=O)OCc1ccccc1)C(=O)NC(CC(=O)OCc1ccccc1)C(=O)NC(CC(N)=O)C(=O)O. The minimum atomic E-state index is -1.70. The van der Waals surface area contributed by atoms with Gasteiger partial charge in [0.15, 0.2) is 0 Å². The Morgan fingerprint density at radius 1 is 0.744 bits per heavy atom. The highest BCUT2D eigenvalue weighted by Crippen LogP contribution is 2.06. The van der Waals surface area contributed by atoms with E-state index in [1.165, 1.54) is 6.92 Å². The third-order valence-corrected chi connectivity index (χ3v) is 5.21. The molecule has 13 nitrogen and oxygen atoms in total. The second-order valence-electron chi connectivity index (χ2n) is 8.41. The van der Waals surface area contributed by atoms with Crippen LogP contribution in [0.2, 0.25) is 0 Å². The van der Waals surface area contributed by atoms with Crippen LogP contribution in [0.25, 0.3) is 0 Å². The van der Waals surface area contributed by atoms with E-state index in [1.54, 1.807) is 60.7 Å². The first-order valence-corrected chi connectivity index (χ1v) is 11.8. The Hall–Kier alpha value is -4.94. The molecular formula is C26H30N4O9. The van der Waals surface area contributed by atoms with Crippen molar-refractivity contribution in [1.82, 2.24) is 16.0 Å². The number of benzene rings is 2. The van der Waals surface area contributed by atoms with E-state index in [-0.39, 0.29) is 13.2 Å². The number of aliphatic carboxylic acids is 1. The molecule has 2 aromatic carbocycles. The van der Waals surface area contributed by atoms with Crippen molar-refractivity contribution in [3.05, 3.63) is 71.8 Å². The molecule has 2 aromatic rings. The summed E-state index contributed by atoms with van der Waals surface area (Å²) < 4.78 is 10.2. The molecule has 0 radical (unpaired) electrons. The number of nitrogens with two attached hydrogens (primary N) is 1. The molecule has 0 aliphatic rings. The summed E-state index contributed by atoms with van der Waals surface area (Å²) in [4.78, 5) is 72.7. The Kier molecular flexibility index (Phi) is 11.9. The molecule has 2 rings (SSSR count). The van der Waals surface area contributed by atoms with Crippen LogP contribution >= 0.6 is 0 Å². The molecular weight excluding hydrogens is 512 g/mol. The third kappa shape index (κ3) is 11.3. The van der Waals surface area contributed by atoms with Crippen LogP contribution in [0.5, 0.6) is 0 Å². The highest BCUT2D eigenvalue weighted by Gasteiger charge is 2.31. The number of hydrogen-bond donors (Lipinski definition) is 5. The predicted octanol–water partition coefficient (Wildman–Crippen LogP) is 0.364. The Labute approximate surface area is 224 Å². The van der Waals surface area contributed by atoms with Gasteiger partial charge in [-0.25, -0.2) is 9.59 Å². The van der Waals surface area contributed by atoms with Crippen LogP contribution in [-0.4, -0.2) is 59.0 Å². The largest absolute Gasteiger partial charge is 0.480 e. The molecule has 0 saturated carbocycles. The van der Waals surface area contributed by atoms with Crippen LogP contribution < -0.4 is 21.7 Å². The molecule has 0 aliphatic heterocycles. The summed E-state index contributed by atoms with van der Waals surface area (Å²) in [7, 11) is 0. The highest BCUT2D eigenvalue weighted by atomic mass is 16.5. The summed E-state index contributed by atoms with van der Waals surface area (Å²) in [5.41, 5.74) is 6.44. The second-order valence-corrected chi connectivity index (χ2v) is 8.41. The average molecular weight is 543 g/mol. The van der Waals surface area contributed by atoms with Gasteiger partial charge in [-0.2, -0.15) is 0 Å². The molecule has 3 unspecified atom stereocenters. The molecule has 6 N–H and O–H groups in total. The molecule has 0 aliphatic carbocycles. The number of primary amides is 1. The molecule has 39 heavy (non-hydrogen) atoms. The van der Waals surface area contributed by atoms with Gasteiger partial charge in [-0.15, -0.1) is 0 Å². The number of rotatable bonds is 14. The maximum Gasteiger partial charge on any atom is 0.408 e. The summed E-state index contributed by atoms with van der Waals surface area (Å²) in [6, 6.07) is 13.0. The first-order chi connectivity index (χ1) is 18.5. The van der Waals surface area contributed by atoms with Crippen LogP contribution in [0.1, 0.15) is 30.9 Å². The zero-order valence-corrected chi connectivity index (χ0v) is 21.1. The lowest BCUT2D eigenvalue weighted by Crippen LogP contribution is -2.56. The van der Waals surface area contributed by atoms with E-state index in [1.807, 2.05) is 0 Å². The number of carbonyl (C=O) groups excluding carboxylic acids is 5. The Balaban J connectivity index is 2.03. The second kappa shape index (κ2) is 15.3. The van der Waals surface area contributed by atoms with E-state index in [9.17, 15) is 33.9 Å². The van der Waals surface area contributed by atoms with E-state index in [4.69, 9.17) is 15.2 Å². The molecule has 0 saturated heterocycles. The Morgan fingerprint density at radius 3 is 1.77 bits per heavy atom. The van der Waals surface area contributed by atoms with Crippen LogP contribution in [0, 0.1) is 0 Å². The minimum Gasteiger partial charge on any atom is -0.480 e. The lowest BCUT2D eigenvalue weighted by Gasteiger charge is -2.22. The number of carbonyl (C=O) groups is 6. The zero-order valence-electron chi connectivity index (χ0n) is 21.1.